The van der Waals surface area contributed by atoms with Gasteiger partial charge in [0.15, 0.2) is 0 Å². The van der Waals surface area contributed by atoms with Gasteiger partial charge in [-0.2, -0.15) is 0 Å². The van der Waals surface area contributed by atoms with Crippen LogP contribution in [0.2, 0.25) is 0 Å². The highest BCUT2D eigenvalue weighted by molar-refractivity contribution is 9.10. The van der Waals surface area contributed by atoms with Crippen LogP contribution in [0.5, 0.6) is 0 Å². The van der Waals surface area contributed by atoms with Crippen LogP contribution in [0, 0.1) is 0 Å². The number of alkyl halides is 1. The summed E-state index contributed by atoms with van der Waals surface area (Å²) in [4.78, 5) is 7.44. The van der Waals surface area contributed by atoms with Gasteiger partial charge in [0.2, 0.25) is 0 Å². The number of imidazole rings is 1. The van der Waals surface area contributed by atoms with Crippen LogP contribution in [-0.4, -0.2) is 16.1 Å². The molecule has 1 aromatic heterocycles. The van der Waals surface area contributed by atoms with E-state index in [4.69, 9.17) is 0 Å². The van der Waals surface area contributed by atoms with Gasteiger partial charge in [-0.15, -0.1) is 0 Å². The number of aromatic nitrogens is 2. The lowest BCUT2D eigenvalue weighted by Crippen LogP contribution is -2.44. The normalized spacial score (nSPS) is 27.8. The first-order valence-electron chi connectivity index (χ1n) is 5.61. The van der Waals surface area contributed by atoms with Gasteiger partial charge in [-0.1, -0.05) is 28.1 Å². The molecule has 2 aromatic rings. The Labute approximate surface area is 107 Å². The Morgan fingerprint density at radius 3 is 2.82 bits per heavy atom. The average Bonchev–Trinajstić information content (AvgIpc) is 2.78. The van der Waals surface area contributed by atoms with Crippen molar-refractivity contribution in [3.05, 3.63) is 52.5 Å². The zero-order valence-electron chi connectivity index (χ0n) is 9.16. The summed E-state index contributed by atoms with van der Waals surface area (Å²) in [5, 5.41) is 0. The highest BCUT2D eigenvalue weighted by Gasteiger charge is 2.49. The van der Waals surface area contributed by atoms with E-state index in [1.807, 2.05) is 18.2 Å². The van der Waals surface area contributed by atoms with E-state index in [0.29, 0.717) is 12.8 Å². The molecule has 1 aromatic carbocycles. The quantitative estimate of drug-likeness (QED) is 0.901. The molecule has 88 valence electrons. The number of H-pyrrole nitrogens is 1. The van der Waals surface area contributed by atoms with Crippen LogP contribution in [0.25, 0.3) is 0 Å². The molecule has 0 saturated heterocycles. The Morgan fingerprint density at radius 1 is 1.41 bits per heavy atom. The molecule has 1 heterocycles. The fourth-order valence-electron chi connectivity index (χ4n) is 2.58. The van der Waals surface area contributed by atoms with Crippen LogP contribution < -0.4 is 0 Å². The summed E-state index contributed by atoms with van der Waals surface area (Å²) < 4.78 is 14.4. The summed E-state index contributed by atoms with van der Waals surface area (Å²) in [5.41, 5.74) is 0.850. The molecule has 1 aliphatic rings. The summed E-state index contributed by atoms with van der Waals surface area (Å²) in [6.45, 7) is 0. The molecule has 0 atom stereocenters. The summed E-state index contributed by atoms with van der Waals surface area (Å²) in [6.07, 6.45) is 3.81. The van der Waals surface area contributed by atoms with Crippen LogP contribution in [0.3, 0.4) is 0 Å². The number of benzene rings is 1. The van der Waals surface area contributed by atoms with Gasteiger partial charge in [0.05, 0.1) is 5.41 Å². The standard InChI is InChI=1S/C13H12BrFN2/c14-10-3-1-2-9(6-10)13(7-11(15)8-13)12-16-4-5-17-12/h1-6,11H,7-8H2,(H,16,17). The van der Waals surface area contributed by atoms with Gasteiger partial charge < -0.3 is 4.98 Å². The number of nitrogens with one attached hydrogen (secondary N) is 1. The molecular weight excluding hydrogens is 283 g/mol. The average molecular weight is 295 g/mol. The van der Waals surface area contributed by atoms with Crippen molar-refractivity contribution in [2.75, 3.05) is 0 Å². The molecule has 0 spiro atoms. The van der Waals surface area contributed by atoms with Gasteiger partial charge in [0.1, 0.15) is 12.0 Å². The lowest BCUT2D eigenvalue weighted by Gasteiger charge is -2.43. The molecule has 1 saturated carbocycles. The number of hydrogen-bond donors (Lipinski definition) is 1. The van der Waals surface area contributed by atoms with E-state index in [9.17, 15) is 4.39 Å². The Morgan fingerprint density at radius 2 is 2.24 bits per heavy atom. The SMILES string of the molecule is FC1CC(c2cccc(Br)c2)(c2ncc[nH]2)C1. The Balaban J connectivity index is 2.07. The fourth-order valence-corrected chi connectivity index (χ4v) is 2.97. The predicted molar refractivity (Wildman–Crippen MR) is 67.6 cm³/mol. The van der Waals surface area contributed by atoms with Crippen LogP contribution in [0.15, 0.2) is 41.1 Å². The summed E-state index contributed by atoms with van der Waals surface area (Å²) >= 11 is 3.46. The van der Waals surface area contributed by atoms with Gasteiger partial charge in [-0.05, 0) is 30.5 Å². The molecule has 1 N–H and O–H groups in total. The highest BCUT2D eigenvalue weighted by Crippen LogP contribution is 2.49. The smallest absolute Gasteiger partial charge is 0.116 e. The maximum atomic E-state index is 13.3. The van der Waals surface area contributed by atoms with Crippen LogP contribution in [0.4, 0.5) is 4.39 Å². The van der Waals surface area contributed by atoms with Crippen molar-refractivity contribution in [2.45, 2.75) is 24.4 Å². The van der Waals surface area contributed by atoms with Gasteiger partial charge in [-0.3, -0.25) is 0 Å². The lowest BCUT2D eigenvalue weighted by molar-refractivity contribution is 0.117. The summed E-state index contributed by atoms with van der Waals surface area (Å²) in [7, 11) is 0. The second-order valence-electron chi connectivity index (χ2n) is 4.54. The van der Waals surface area contributed by atoms with Crippen molar-refractivity contribution in [3.8, 4) is 0 Å². The monoisotopic (exact) mass is 294 g/mol. The number of rotatable bonds is 2. The molecule has 0 amide bonds. The molecular formula is C13H12BrFN2. The van der Waals surface area contributed by atoms with E-state index < -0.39 is 6.17 Å². The van der Waals surface area contributed by atoms with Crippen molar-refractivity contribution < 1.29 is 4.39 Å². The first-order chi connectivity index (χ1) is 8.21. The maximum absolute atomic E-state index is 13.3. The molecule has 0 bridgehead atoms. The van der Waals surface area contributed by atoms with E-state index in [0.717, 1.165) is 15.9 Å². The van der Waals surface area contributed by atoms with Crippen LogP contribution in [-0.2, 0) is 5.41 Å². The Hall–Kier alpha value is -1.16. The molecule has 1 fully saturated rings. The molecule has 1 aliphatic carbocycles. The van der Waals surface area contributed by atoms with E-state index in [-0.39, 0.29) is 5.41 Å². The first kappa shape index (κ1) is 11.0. The van der Waals surface area contributed by atoms with E-state index in [2.05, 4.69) is 32.0 Å². The largest absolute Gasteiger partial charge is 0.348 e. The summed E-state index contributed by atoms with van der Waals surface area (Å²) in [5.74, 6) is 0.865. The molecule has 0 aliphatic heterocycles. The van der Waals surface area contributed by atoms with Gasteiger partial charge in [0, 0.05) is 16.9 Å². The number of hydrogen-bond acceptors (Lipinski definition) is 1. The number of halogens is 2. The summed E-state index contributed by atoms with van der Waals surface area (Å²) in [6, 6.07) is 8.05. The highest BCUT2D eigenvalue weighted by atomic mass is 79.9. The molecule has 3 rings (SSSR count). The third-order valence-electron chi connectivity index (χ3n) is 3.47. The zero-order valence-corrected chi connectivity index (χ0v) is 10.7. The number of nitrogens with zero attached hydrogens (tertiary/aromatic N) is 1. The minimum atomic E-state index is -0.723. The van der Waals surface area contributed by atoms with Gasteiger partial charge in [0.25, 0.3) is 0 Å². The first-order valence-corrected chi connectivity index (χ1v) is 6.40. The van der Waals surface area contributed by atoms with Crippen molar-refractivity contribution in [1.82, 2.24) is 9.97 Å². The number of aromatic amines is 1. The van der Waals surface area contributed by atoms with E-state index in [1.54, 1.807) is 12.4 Å². The van der Waals surface area contributed by atoms with Crippen LogP contribution in [0.1, 0.15) is 24.2 Å². The van der Waals surface area contributed by atoms with Gasteiger partial charge >= 0.3 is 0 Å². The minimum Gasteiger partial charge on any atom is -0.348 e. The second-order valence-corrected chi connectivity index (χ2v) is 5.45. The van der Waals surface area contributed by atoms with E-state index in [1.165, 1.54) is 0 Å². The molecule has 0 unspecified atom stereocenters. The Kier molecular flexibility index (Phi) is 2.54. The maximum Gasteiger partial charge on any atom is 0.116 e. The van der Waals surface area contributed by atoms with Crippen molar-refractivity contribution in [1.29, 1.82) is 0 Å². The molecule has 17 heavy (non-hydrogen) atoms. The third kappa shape index (κ3) is 1.71. The van der Waals surface area contributed by atoms with E-state index >= 15 is 0 Å². The second kappa shape index (κ2) is 3.95. The van der Waals surface area contributed by atoms with Crippen molar-refractivity contribution in [2.24, 2.45) is 0 Å². The zero-order chi connectivity index (χ0) is 11.9. The molecule has 4 heteroatoms. The predicted octanol–water partition coefficient (Wildman–Crippen LogP) is 3.59. The minimum absolute atomic E-state index is 0.271. The van der Waals surface area contributed by atoms with Gasteiger partial charge in [-0.25, -0.2) is 9.37 Å². The Bertz CT molecular complexity index is 518. The lowest BCUT2D eigenvalue weighted by atomic mass is 9.63. The molecule has 2 nitrogen and oxygen atoms in total. The van der Waals surface area contributed by atoms with Crippen molar-refractivity contribution in [3.63, 3.8) is 0 Å². The van der Waals surface area contributed by atoms with Crippen LogP contribution >= 0.6 is 15.9 Å². The third-order valence-corrected chi connectivity index (χ3v) is 3.96. The van der Waals surface area contributed by atoms with Crippen molar-refractivity contribution >= 4 is 15.9 Å². The fraction of sp³-hybridized carbons (Fsp3) is 0.308. The topological polar surface area (TPSA) is 28.7 Å². The molecule has 0 radical (unpaired) electrons.